The van der Waals surface area contributed by atoms with Gasteiger partial charge in [0.05, 0.1) is 11.9 Å². The van der Waals surface area contributed by atoms with Crippen LogP contribution in [-0.4, -0.2) is 61.5 Å². The number of nitrogens with two attached hydrogens (primary N) is 2. The van der Waals surface area contributed by atoms with Crippen LogP contribution in [-0.2, 0) is 33.0 Å². The molecule has 0 aliphatic heterocycles. The number of nitrogens with zero attached hydrogens (tertiary/aromatic N) is 7. The highest BCUT2D eigenvalue weighted by Gasteiger charge is 2.43. The first-order valence-electron chi connectivity index (χ1n) is 15.4. The average Bonchev–Trinajstić information content (AvgIpc) is 3.55. The fraction of sp³-hybridized carbons (Fsp3) is 0.406. The van der Waals surface area contributed by atoms with Crippen LogP contribution in [0.5, 0.6) is 0 Å². The van der Waals surface area contributed by atoms with Gasteiger partial charge in [-0.2, -0.15) is 4.57 Å². The normalized spacial score (nSPS) is 14.4. The minimum Gasteiger partial charge on any atom is -0.460 e. The zero-order chi connectivity index (χ0) is 35.7. The molecule has 4 aromatic rings. The first-order valence-corrected chi connectivity index (χ1v) is 15.4. The molecule has 1 unspecified atom stereocenters. The van der Waals surface area contributed by atoms with Gasteiger partial charge in [-0.1, -0.05) is 25.5 Å². The Bertz CT molecular complexity index is 1750. The summed E-state index contributed by atoms with van der Waals surface area (Å²) in [7, 11) is 1.43. The summed E-state index contributed by atoms with van der Waals surface area (Å²) >= 11 is 0. The molecule has 0 aliphatic carbocycles. The van der Waals surface area contributed by atoms with Crippen molar-refractivity contribution in [1.82, 2.24) is 24.7 Å². The Balaban J connectivity index is 1.47. The highest BCUT2D eigenvalue weighted by atomic mass is 19.1. The van der Waals surface area contributed by atoms with Gasteiger partial charge in [-0.15, -0.1) is 4.68 Å². The molecule has 262 valence electrons. The number of halogens is 3. The zero-order valence-electron chi connectivity index (χ0n) is 27.2. The van der Waals surface area contributed by atoms with E-state index in [9.17, 15) is 23.5 Å². The van der Waals surface area contributed by atoms with Crippen molar-refractivity contribution in [2.45, 2.75) is 70.1 Å². The van der Waals surface area contributed by atoms with Crippen LogP contribution in [0.1, 0.15) is 62.1 Å². The van der Waals surface area contributed by atoms with Gasteiger partial charge >= 0.3 is 12.1 Å². The maximum atomic E-state index is 15.1. The van der Waals surface area contributed by atoms with E-state index in [2.05, 4.69) is 20.1 Å². The van der Waals surface area contributed by atoms with Crippen molar-refractivity contribution in [3.05, 3.63) is 96.0 Å². The van der Waals surface area contributed by atoms with Crippen molar-refractivity contribution < 1.29 is 41.9 Å². The van der Waals surface area contributed by atoms with Gasteiger partial charge in [-0.25, -0.2) is 32.9 Å². The lowest BCUT2D eigenvalue weighted by Gasteiger charge is -2.32. The van der Waals surface area contributed by atoms with Crippen LogP contribution in [0.15, 0.2) is 61.7 Å². The Labute approximate surface area is 280 Å². The molecule has 4 atom stereocenters. The number of ether oxygens (including phenoxy) is 2. The van der Waals surface area contributed by atoms with Crippen molar-refractivity contribution in [2.75, 3.05) is 18.5 Å². The molecule has 0 aliphatic rings. The van der Waals surface area contributed by atoms with E-state index in [0.29, 0.717) is 31.0 Å². The number of aromatic nitrogens is 6. The summed E-state index contributed by atoms with van der Waals surface area (Å²) in [6.07, 6.45) is 6.24. The van der Waals surface area contributed by atoms with Gasteiger partial charge in [0.15, 0.2) is 5.82 Å². The smallest absolute Gasteiger partial charge is 0.418 e. The summed E-state index contributed by atoms with van der Waals surface area (Å²) in [6.45, 7) is 2.88. The summed E-state index contributed by atoms with van der Waals surface area (Å²) < 4.78 is 57.1. The Morgan fingerprint density at radius 3 is 2.63 bits per heavy atom. The number of rotatable bonds is 15. The molecule has 0 saturated carbocycles. The third kappa shape index (κ3) is 8.92. The number of anilines is 1. The Kier molecular flexibility index (Phi) is 12.3. The van der Waals surface area contributed by atoms with Crippen molar-refractivity contribution in [3.63, 3.8) is 0 Å². The average molecular weight is 687 g/mol. The molecule has 49 heavy (non-hydrogen) atoms. The van der Waals surface area contributed by atoms with Crippen LogP contribution < -0.4 is 20.9 Å². The van der Waals surface area contributed by atoms with Crippen molar-refractivity contribution >= 4 is 17.9 Å². The molecule has 0 radical (unpaired) electrons. The Morgan fingerprint density at radius 2 is 1.92 bits per heavy atom. The van der Waals surface area contributed by atoms with E-state index < -0.39 is 59.8 Å². The van der Waals surface area contributed by atoms with Gasteiger partial charge in [-0.05, 0) is 31.5 Å². The minimum atomic E-state index is -2.18. The predicted octanol–water partition coefficient (Wildman–Crippen LogP) is 2.76. The fourth-order valence-electron chi connectivity index (χ4n) is 5.12. The van der Waals surface area contributed by atoms with Crippen molar-refractivity contribution in [1.29, 1.82) is 0 Å². The second-order valence-electron chi connectivity index (χ2n) is 11.4. The summed E-state index contributed by atoms with van der Waals surface area (Å²) in [5.41, 5.74) is 9.15. The molecule has 0 saturated heterocycles. The SMILES string of the molecule is CC(OC(=O)N(C)c1ncccc1COC(=O)[C@@H](N)CCCCN)[n+]1cnn(C[C@](O)(c2ccc(F)cc2F)[C@@H](C)c2ncncc2F)c1. The third-order valence-corrected chi connectivity index (χ3v) is 8.02. The summed E-state index contributed by atoms with van der Waals surface area (Å²) in [6, 6.07) is 5.12. The number of carbonyl (C=O) groups is 2. The van der Waals surface area contributed by atoms with Crippen LogP contribution in [0.25, 0.3) is 0 Å². The number of aliphatic hydroxyl groups is 1. The van der Waals surface area contributed by atoms with Crippen LogP contribution in [0.4, 0.5) is 23.8 Å². The Morgan fingerprint density at radius 1 is 1.14 bits per heavy atom. The number of hydrogen-bond donors (Lipinski definition) is 3. The number of hydrogen-bond acceptors (Lipinski definition) is 11. The van der Waals surface area contributed by atoms with Gasteiger partial charge in [0.25, 0.3) is 6.33 Å². The molecule has 3 heterocycles. The van der Waals surface area contributed by atoms with Gasteiger partial charge in [-0.3, -0.25) is 9.69 Å². The number of carbonyl (C=O) groups excluding carboxylic acids is 2. The van der Waals surface area contributed by atoms with Crippen molar-refractivity contribution in [3.8, 4) is 0 Å². The number of pyridine rings is 1. The first kappa shape index (κ1) is 36.8. The Hall–Kier alpha value is -5.00. The topological polar surface area (TPSA) is 188 Å². The molecular formula is C32H39F3N9O5+. The highest BCUT2D eigenvalue weighted by Crippen LogP contribution is 2.39. The zero-order valence-corrected chi connectivity index (χ0v) is 27.2. The van der Waals surface area contributed by atoms with E-state index >= 15 is 4.39 Å². The van der Waals surface area contributed by atoms with E-state index in [1.54, 1.807) is 19.1 Å². The standard InChI is InChI=1S/C32H39F3N9O5/c1-20(28-26(35)14-38-17-40-28)32(47,24-10-9-23(33)13-25(24)34)16-44-19-43(18-41-44)21(2)49-31(46)42(3)29-22(7-6-12-39-29)15-48-30(45)27(37)8-4-5-11-36/h6-7,9-10,12-14,17-21,27,47H,4-5,8,11,15-16,36-37H2,1-3H3/q+1/t20-,21?,27-,32+/m0/s1. The monoisotopic (exact) mass is 686 g/mol. The van der Waals surface area contributed by atoms with E-state index in [4.69, 9.17) is 20.9 Å². The van der Waals surface area contributed by atoms with Crippen LogP contribution in [0.3, 0.4) is 0 Å². The highest BCUT2D eigenvalue weighted by molar-refractivity contribution is 5.86. The molecule has 1 aromatic carbocycles. The van der Waals surface area contributed by atoms with Gasteiger partial charge in [0, 0.05) is 48.4 Å². The van der Waals surface area contributed by atoms with E-state index in [0.717, 1.165) is 36.0 Å². The van der Waals surface area contributed by atoms with Gasteiger partial charge in [0.1, 0.15) is 48.6 Å². The quantitative estimate of drug-likeness (QED) is 0.0948. The third-order valence-electron chi connectivity index (χ3n) is 8.02. The number of unbranched alkanes of at least 4 members (excludes halogenated alkanes) is 1. The fourth-order valence-corrected chi connectivity index (χ4v) is 5.12. The number of benzene rings is 1. The molecule has 4 rings (SSSR count). The molecule has 5 N–H and O–H groups in total. The molecule has 0 bridgehead atoms. The lowest BCUT2D eigenvalue weighted by Crippen LogP contribution is -2.42. The summed E-state index contributed by atoms with van der Waals surface area (Å²) in [4.78, 5) is 38.5. The van der Waals surface area contributed by atoms with E-state index in [1.807, 2.05) is 0 Å². The molecule has 0 spiro atoms. The number of amides is 1. The van der Waals surface area contributed by atoms with Crippen LogP contribution in [0, 0.1) is 17.5 Å². The maximum Gasteiger partial charge on any atom is 0.418 e. The van der Waals surface area contributed by atoms with E-state index in [-0.39, 0.29) is 23.7 Å². The molecule has 0 fully saturated rings. The first-order chi connectivity index (χ1) is 23.3. The van der Waals surface area contributed by atoms with Gasteiger partial charge in [0.2, 0.25) is 12.6 Å². The minimum absolute atomic E-state index is 0.183. The van der Waals surface area contributed by atoms with Crippen LogP contribution >= 0.6 is 0 Å². The second-order valence-corrected chi connectivity index (χ2v) is 11.4. The lowest BCUT2D eigenvalue weighted by atomic mass is 9.79. The molecular weight excluding hydrogens is 647 g/mol. The number of esters is 1. The van der Waals surface area contributed by atoms with Crippen molar-refractivity contribution in [2.24, 2.45) is 11.5 Å². The summed E-state index contributed by atoms with van der Waals surface area (Å²) in [5.74, 6) is -4.31. The largest absolute Gasteiger partial charge is 0.460 e. The molecule has 17 heteroatoms. The van der Waals surface area contributed by atoms with Gasteiger partial charge < -0.3 is 26.0 Å². The predicted molar refractivity (Wildman–Crippen MR) is 168 cm³/mol. The second kappa shape index (κ2) is 16.4. The molecule has 3 aromatic heterocycles. The lowest BCUT2D eigenvalue weighted by molar-refractivity contribution is -0.753. The maximum absolute atomic E-state index is 15.1. The van der Waals surface area contributed by atoms with Crippen LogP contribution in [0.2, 0.25) is 0 Å². The van der Waals surface area contributed by atoms with E-state index in [1.165, 1.54) is 42.1 Å². The molecule has 14 nitrogen and oxygen atoms in total. The molecule has 1 amide bonds. The summed E-state index contributed by atoms with van der Waals surface area (Å²) in [5, 5.41) is 16.1.